The van der Waals surface area contributed by atoms with Crippen molar-refractivity contribution in [2.45, 2.75) is 26.5 Å². The van der Waals surface area contributed by atoms with Crippen LogP contribution in [0.5, 0.6) is 0 Å². The average molecular weight is 409 g/mol. The number of para-hydroxylation sites is 1. The van der Waals surface area contributed by atoms with Crippen molar-refractivity contribution < 1.29 is 28.3 Å². The Kier molecular flexibility index (Phi) is 6.85. The monoisotopic (exact) mass is 409 g/mol. The van der Waals surface area contributed by atoms with Crippen molar-refractivity contribution in [3.63, 3.8) is 0 Å². The Hall–Kier alpha value is -3.61. The molecule has 7 heteroatoms. The zero-order chi connectivity index (χ0) is 21.5. The molecule has 1 unspecified atom stereocenters. The SMILES string of the molecule is CC(C)C(NC(=O)OCc1ccccc1)C(=O)OCC(=O)c1cc2ccccc2o1. The number of carbonyl (C=O) groups is 3. The van der Waals surface area contributed by atoms with Crippen molar-refractivity contribution >= 4 is 28.8 Å². The fourth-order valence-electron chi connectivity index (χ4n) is 2.81. The molecular weight excluding hydrogens is 386 g/mol. The molecule has 0 bridgehead atoms. The van der Waals surface area contributed by atoms with Crippen molar-refractivity contribution in [2.75, 3.05) is 6.61 Å². The molecule has 0 aliphatic carbocycles. The summed E-state index contributed by atoms with van der Waals surface area (Å²) in [7, 11) is 0. The molecule has 1 aromatic heterocycles. The topological polar surface area (TPSA) is 94.8 Å². The second-order valence-electron chi connectivity index (χ2n) is 7.11. The van der Waals surface area contributed by atoms with Crippen LogP contribution in [0.2, 0.25) is 0 Å². The first kappa shape index (κ1) is 21.1. The predicted molar refractivity (Wildman–Crippen MR) is 110 cm³/mol. The van der Waals surface area contributed by atoms with Crippen molar-refractivity contribution in [3.8, 4) is 0 Å². The molecule has 1 amide bonds. The van der Waals surface area contributed by atoms with Gasteiger partial charge in [0.05, 0.1) is 0 Å². The van der Waals surface area contributed by atoms with Crippen LogP contribution in [-0.2, 0) is 20.9 Å². The van der Waals surface area contributed by atoms with E-state index in [1.165, 1.54) is 0 Å². The van der Waals surface area contributed by atoms with Gasteiger partial charge in [-0.1, -0.05) is 62.4 Å². The van der Waals surface area contributed by atoms with E-state index in [9.17, 15) is 14.4 Å². The summed E-state index contributed by atoms with van der Waals surface area (Å²) in [6.45, 7) is 3.11. The van der Waals surface area contributed by atoms with Gasteiger partial charge in [-0.25, -0.2) is 9.59 Å². The van der Waals surface area contributed by atoms with E-state index in [2.05, 4.69) is 5.32 Å². The number of alkyl carbamates (subject to hydrolysis) is 1. The van der Waals surface area contributed by atoms with Crippen LogP contribution in [0.1, 0.15) is 30.0 Å². The normalized spacial score (nSPS) is 11.8. The lowest BCUT2D eigenvalue weighted by Gasteiger charge is -2.20. The molecule has 1 N–H and O–H groups in total. The zero-order valence-electron chi connectivity index (χ0n) is 16.8. The Bertz CT molecular complexity index is 991. The maximum absolute atomic E-state index is 12.4. The van der Waals surface area contributed by atoms with Crippen molar-refractivity contribution in [1.82, 2.24) is 5.32 Å². The van der Waals surface area contributed by atoms with Gasteiger partial charge in [-0.05, 0) is 23.6 Å². The summed E-state index contributed by atoms with van der Waals surface area (Å²) in [4.78, 5) is 36.8. The number of amides is 1. The summed E-state index contributed by atoms with van der Waals surface area (Å²) in [5.74, 6) is -1.33. The number of rotatable bonds is 8. The highest BCUT2D eigenvalue weighted by atomic mass is 16.6. The van der Waals surface area contributed by atoms with Crippen LogP contribution in [-0.4, -0.2) is 30.5 Å². The summed E-state index contributed by atoms with van der Waals surface area (Å²) in [5, 5.41) is 3.29. The molecule has 0 aliphatic rings. The molecule has 3 rings (SSSR count). The number of nitrogens with one attached hydrogen (secondary N) is 1. The lowest BCUT2D eigenvalue weighted by molar-refractivity contribution is -0.146. The third-order valence-electron chi connectivity index (χ3n) is 4.45. The van der Waals surface area contributed by atoms with Crippen LogP contribution in [0, 0.1) is 5.92 Å². The Morgan fingerprint density at radius 3 is 2.37 bits per heavy atom. The first-order valence-electron chi connectivity index (χ1n) is 9.59. The van der Waals surface area contributed by atoms with Gasteiger partial charge in [0, 0.05) is 5.39 Å². The van der Waals surface area contributed by atoms with Crippen LogP contribution in [0.15, 0.2) is 65.1 Å². The van der Waals surface area contributed by atoms with Crippen LogP contribution in [0.25, 0.3) is 11.0 Å². The van der Waals surface area contributed by atoms with Gasteiger partial charge in [0.1, 0.15) is 18.2 Å². The number of esters is 1. The van der Waals surface area contributed by atoms with E-state index in [1.807, 2.05) is 42.5 Å². The van der Waals surface area contributed by atoms with Crippen LogP contribution < -0.4 is 5.32 Å². The highest BCUT2D eigenvalue weighted by molar-refractivity contribution is 5.99. The summed E-state index contributed by atoms with van der Waals surface area (Å²) in [6, 6.07) is 17.0. The number of ether oxygens (including phenoxy) is 2. The highest BCUT2D eigenvalue weighted by Gasteiger charge is 2.27. The van der Waals surface area contributed by atoms with Crippen molar-refractivity contribution in [1.29, 1.82) is 0 Å². The molecule has 7 nitrogen and oxygen atoms in total. The molecule has 0 spiro atoms. The van der Waals surface area contributed by atoms with E-state index in [0.717, 1.165) is 10.9 Å². The minimum absolute atomic E-state index is 0.0804. The number of benzene rings is 2. The third kappa shape index (κ3) is 5.47. The quantitative estimate of drug-likeness (QED) is 0.444. The van der Waals surface area contributed by atoms with E-state index in [0.29, 0.717) is 5.58 Å². The fraction of sp³-hybridized carbons (Fsp3) is 0.261. The van der Waals surface area contributed by atoms with Gasteiger partial charge in [-0.15, -0.1) is 0 Å². The number of hydrogen-bond donors (Lipinski definition) is 1. The molecular formula is C23H23NO6. The molecule has 3 aromatic rings. The number of fused-ring (bicyclic) bond motifs is 1. The molecule has 30 heavy (non-hydrogen) atoms. The molecule has 0 saturated carbocycles. The molecule has 0 saturated heterocycles. The number of furan rings is 1. The largest absolute Gasteiger partial charge is 0.456 e. The second kappa shape index (κ2) is 9.73. The molecule has 0 radical (unpaired) electrons. The summed E-state index contributed by atoms with van der Waals surface area (Å²) < 4.78 is 15.7. The lowest BCUT2D eigenvalue weighted by Crippen LogP contribution is -2.45. The van der Waals surface area contributed by atoms with Crippen LogP contribution >= 0.6 is 0 Å². The van der Waals surface area contributed by atoms with Gasteiger partial charge in [-0.3, -0.25) is 4.79 Å². The zero-order valence-corrected chi connectivity index (χ0v) is 16.8. The average Bonchev–Trinajstić information content (AvgIpc) is 3.19. The molecule has 1 atom stereocenters. The number of carbonyl (C=O) groups excluding carboxylic acids is 3. The van der Waals surface area contributed by atoms with Gasteiger partial charge in [-0.2, -0.15) is 0 Å². The molecule has 1 heterocycles. The number of Topliss-reactive ketones (excluding diaryl/α,β-unsaturated/α-hetero) is 1. The van der Waals surface area contributed by atoms with Gasteiger partial charge in [0.15, 0.2) is 12.4 Å². The first-order chi connectivity index (χ1) is 14.4. The molecule has 2 aromatic carbocycles. The van der Waals surface area contributed by atoms with E-state index >= 15 is 0 Å². The molecule has 156 valence electrons. The summed E-state index contributed by atoms with van der Waals surface area (Å²) >= 11 is 0. The van der Waals surface area contributed by atoms with Gasteiger partial charge >= 0.3 is 12.1 Å². The van der Waals surface area contributed by atoms with E-state index in [4.69, 9.17) is 13.9 Å². The Morgan fingerprint density at radius 2 is 1.67 bits per heavy atom. The fourth-order valence-corrected chi connectivity index (χ4v) is 2.81. The van der Waals surface area contributed by atoms with E-state index < -0.39 is 30.5 Å². The van der Waals surface area contributed by atoms with Crippen molar-refractivity contribution in [2.24, 2.45) is 5.92 Å². The Labute approximate surface area is 174 Å². The van der Waals surface area contributed by atoms with E-state index in [-0.39, 0.29) is 18.3 Å². The van der Waals surface area contributed by atoms with E-state index in [1.54, 1.807) is 32.0 Å². The maximum Gasteiger partial charge on any atom is 0.408 e. The smallest absolute Gasteiger partial charge is 0.408 e. The standard InChI is InChI=1S/C23H23NO6/c1-15(2)21(24-23(27)29-13-16-8-4-3-5-9-16)22(26)28-14-18(25)20-12-17-10-6-7-11-19(17)30-20/h3-12,15,21H,13-14H2,1-2H3,(H,24,27). The minimum atomic E-state index is -0.947. The Morgan fingerprint density at radius 1 is 0.967 bits per heavy atom. The van der Waals surface area contributed by atoms with Crippen LogP contribution in [0.3, 0.4) is 0 Å². The number of hydrogen-bond acceptors (Lipinski definition) is 6. The van der Waals surface area contributed by atoms with Gasteiger partial charge in [0.2, 0.25) is 5.78 Å². The van der Waals surface area contributed by atoms with Crippen LogP contribution in [0.4, 0.5) is 4.79 Å². The first-order valence-corrected chi connectivity index (χ1v) is 9.59. The summed E-state index contributed by atoms with van der Waals surface area (Å²) in [5.41, 5.74) is 1.41. The minimum Gasteiger partial charge on any atom is -0.456 e. The van der Waals surface area contributed by atoms with Gasteiger partial charge in [0.25, 0.3) is 0 Å². The maximum atomic E-state index is 12.4. The number of ketones is 1. The van der Waals surface area contributed by atoms with Crippen molar-refractivity contribution in [3.05, 3.63) is 72.0 Å². The molecule has 0 fully saturated rings. The second-order valence-corrected chi connectivity index (χ2v) is 7.11. The lowest BCUT2D eigenvalue weighted by atomic mass is 10.1. The Balaban J connectivity index is 1.53. The van der Waals surface area contributed by atoms with Gasteiger partial charge < -0.3 is 19.2 Å². The predicted octanol–water partition coefficient (Wildman–Crippen LogP) is 4.11. The highest BCUT2D eigenvalue weighted by Crippen LogP contribution is 2.19. The summed E-state index contributed by atoms with van der Waals surface area (Å²) in [6.07, 6.45) is -0.738. The molecule has 0 aliphatic heterocycles. The third-order valence-corrected chi connectivity index (χ3v) is 4.45.